The van der Waals surface area contributed by atoms with Crippen LogP contribution in [0.2, 0.25) is 0 Å². The van der Waals surface area contributed by atoms with Gasteiger partial charge in [-0.3, -0.25) is 9.59 Å². The van der Waals surface area contributed by atoms with Gasteiger partial charge in [-0.05, 0) is 43.5 Å². The largest absolute Gasteiger partial charge is 0.481 e. The summed E-state index contributed by atoms with van der Waals surface area (Å²) in [5, 5.41) is 14.0. The molecule has 3 N–H and O–H groups in total. The van der Waals surface area contributed by atoms with Gasteiger partial charge in [-0.15, -0.1) is 0 Å². The molecule has 1 heterocycles. The third-order valence-corrected chi connectivity index (χ3v) is 4.01. The van der Waals surface area contributed by atoms with Crippen molar-refractivity contribution in [1.82, 2.24) is 10.2 Å². The second kappa shape index (κ2) is 9.00. The van der Waals surface area contributed by atoms with Gasteiger partial charge in [0.25, 0.3) is 0 Å². The number of hydrogen-bond acceptors (Lipinski definition) is 3. The lowest BCUT2D eigenvalue weighted by Crippen LogP contribution is -2.40. The van der Waals surface area contributed by atoms with Gasteiger partial charge in [0.05, 0.1) is 0 Å². The summed E-state index contributed by atoms with van der Waals surface area (Å²) in [4.78, 5) is 36.1. The molecule has 136 valence electrons. The number of nitrogens with one attached hydrogen (secondary N) is 2. The number of amides is 3. The number of nitrogens with zero attached hydrogens (tertiary/aromatic N) is 1. The van der Waals surface area contributed by atoms with Crippen molar-refractivity contribution in [2.45, 2.75) is 38.1 Å². The maximum Gasteiger partial charge on any atom is 0.319 e. The number of carbonyl (C=O) groups excluding carboxylic acids is 2. The maximum absolute atomic E-state index is 12.8. The van der Waals surface area contributed by atoms with Gasteiger partial charge >= 0.3 is 12.0 Å². The Morgan fingerprint density at radius 3 is 2.52 bits per heavy atom. The molecule has 1 atom stereocenters. The average Bonchev–Trinajstić information content (AvgIpc) is 3.02. The second-order valence-electron chi connectivity index (χ2n) is 6.03. The smallest absolute Gasteiger partial charge is 0.319 e. The van der Waals surface area contributed by atoms with Crippen molar-refractivity contribution in [3.8, 4) is 0 Å². The van der Waals surface area contributed by atoms with E-state index < -0.39 is 12.0 Å². The highest BCUT2D eigenvalue weighted by molar-refractivity contribution is 5.89. The fourth-order valence-corrected chi connectivity index (χ4v) is 2.70. The minimum Gasteiger partial charge on any atom is -0.481 e. The number of carbonyl (C=O) groups is 3. The maximum atomic E-state index is 12.8. The number of aliphatic carboxylic acids is 1. The van der Waals surface area contributed by atoms with Crippen molar-refractivity contribution in [2.24, 2.45) is 0 Å². The van der Waals surface area contributed by atoms with Gasteiger partial charge in [0, 0.05) is 37.7 Å². The third kappa shape index (κ3) is 6.40. The van der Waals surface area contributed by atoms with Crippen molar-refractivity contribution >= 4 is 23.6 Å². The number of hydrogen-bond donors (Lipinski definition) is 3. The Balaban J connectivity index is 1.69. The molecule has 1 aromatic rings. The van der Waals surface area contributed by atoms with Gasteiger partial charge in [0.1, 0.15) is 5.82 Å². The molecule has 0 radical (unpaired) electrons. The zero-order valence-corrected chi connectivity index (χ0v) is 13.8. The van der Waals surface area contributed by atoms with Crippen molar-refractivity contribution in [3.63, 3.8) is 0 Å². The van der Waals surface area contributed by atoms with E-state index in [0.717, 1.165) is 0 Å². The first-order valence-corrected chi connectivity index (χ1v) is 8.26. The summed E-state index contributed by atoms with van der Waals surface area (Å²) in [5.74, 6) is -1.25. The van der Waals surface area contributed by atoms with Crippen LogP contribution in [0.15, 0.2) is 24.3 Å². The monoisotopic (exact) mass is 351 g/mol. The first-order chi connectivity index (χ1) is 11.9. The Kier molecular flexibility index (Phi) is 6.73. The summed E-state index contributed by atoms with van der Waals surface area (Å²) in [6.07, 6.45) is 2.09. The van der Waals surface area contributed by atoms with Gasteiger partial charge < -0.3 is 20.6 Å². The Hall–Kier alpha value is -2.64. The third-order valence-electron chi connectivity index (χ3n) is 4.01. The van der Waals surface area contributed by atoms with Gasteiger partial charge in [-0.2, -0.15) is 0 Å². The lowest BCUT2D eigenvalue weighted by Gasteiger charge is -2.17. The number of rotatable bonds is 7. The Labute approximate surface area is 145 Å². The molecule has 1 aliphatic heterocycles. The molecule has 3 amide bonds. The van der Waals surface area contributed by atoms with Gasteiger partial charge in [0.15, 0.2) is 0 Å². The number of benzene rings is 1. The van der Waals surface area contributed by atoms with Crippen LogP contribution in [0.25, 0.3) is 0 Å². The van der Waals surface area contributed by atoms with Gasteiger partial charge in [-0.25, -0.2) is 9.18 Å². The Morgan fingerprint density at radius 1 is 1.16 bits per heavy atom. The highest BCUT2D eigenvalue weighted by Gasteiger charge is 2.26. The van der Waals surface area contributed by atoms with E-state index in [1.165, 1.54) is 24.3 Å². The van der Waals surface area contributed by atoms with Gasteiger partial charge in [0.2, 0.25) is 5.91 Å². The predicted octanol–water partition coefficient (Wildman–Crippen LogP) is 2.19. The molecule has 1 aliphatic rings. The molecule has 25 heavy (non-hydrogen) atoms. The fraction of sp³-hybridized carbons (Fsp3) is 0.471. The van der Waals surface area contributed by atoms with Crippen molar-refractivity contribution < 1.29 is 23.9 Å². The van der Waals surface area contributed by atoms with Crippen molar-refractivity contribution in [2.75, 3.05) is 18.4 Å². The Bertz CT molecular complexity index is 621. The van der Waals surface area contributed by atoms with Crippen LogP contribution in [-0.4, -0.2) is 47.0 Å². The van der Waals surface area contributed by atoms with E-state index in [0.29, 0.717) is 44.5 Å². The molecule has 1 fully saturated rings. The SMILES string of the molecule is O=C(O)CCCCC(=O)N1CCC(NC(=O)Nc2ccc(F)cc2)C1. The number of carboxylic acid groups (broad SMARTS) is 1. The summed E-state index contributed by atoms with van der Waals surface area (Å²) >= 11 is 0. The van der Waals surface area contributed by atoms with E-state index in [4.69, 9.17) is 5.11 Å². The highest BCUT2D eigenvalue weighted by atomic mass is 19.1. The van der Waals surface area contributed by atoms with Crippen LogP contribution in [0.4, 0.5) is 14.9 Å². The Morgan fingerprint density at radius 2 is 1.84 bits per heavy atom. The van der Waals surface area contributed by atoms with E-state index in [-0.39, 0.29) is 24.2 Å². The van der Waals surface area contributed by atoms with Crippen molar-refractivity contribution in [1.29, 1.82) is 0 Å². The molecule has 0 spiro atoms. The molecule has 1 saturated heterocycles. The van der Waals surface area contributed by atoms with Crippen LogP contribution >= 0.6 is 0 Å². The van der Waals surface area contributed by atoms with Crippen LogP contribution in [0.5, 0.6) is 0 Å². The molecular formula is C17H22FN3O4. The van der Waals surface area contributed by atoms with Crippen LogP contribution in [0.1, 0.15) is 32.1 Å². The van der Waals surface area contributed by atoms with E-state index >= 15 is 0 Å². The van der Waals surface area contributed by atoms with Crippen molar-refractivity contribution in [3.05, 3.63) is 30.1 Å². The summed E-state index contributed by atoms with van der Waals surface area (Å²) in [5.41, 5.74) is 0.489. The molecule has 0 aromatic heterocycles. The molecule has 0 aliphatic carbocycles. The van der Waals surface area contributed by atoms with Crippen LogP contribution in [-0.2, 0) is 9.59 Å². The summed E-state index contributed by atoms with van der Waals surface area (Å²) in [7, 11) is 0. The first-order valence-electron chi connectivity index (χ1n) is 8.26. The minimum atomic E-state index is -0.856. The fourth-order valence-electron chi connectivity index (χ4n) is 2.70. The summed E-state index contributed by atoms with van der Waals surface area (Å²) in [6.45, 7) is 1.01. The molecule has 8 heteroatoms. The number of carboxylic acids is 1. The zero-order chi connectivity index (χ0) is 18.2. The number of unbranched alkanes of at least 4 members (excludes halogenated alkanes) is 1. The zero-order valence-electron chi connectivity index (χ0n) is 13.8. The van der Waals surface area contributed by atoms with Crippen LogP contribution < -0.4 is 10.6 Å². The number of likely N-dealkylation sites (tertiary alicyclic amines) is 1. The molecule has 2 rings (SSSR count). The number of anilines is 1. The quantitative estimate of drug-likeness (QED) is 0.656. The van der Waals surface area contributed by atoms with E-state index in [1.54, 1.807) is 4.90 Å². The number of urea groups is 1. The van der Waals surface area contributed by atoms with E-state index in [1.807, 2.05) is 0 Å². The second-order valence-corrected chi connectivity index (χ2v) is 6.03. The molecule has 1 unspecified atom stereocenters. The molecule has 0 bridgehead atoms. The highest BCUT2D eigenvalue weighted by Crippen LogP contribution is 2.13. The normalized spacial score (nSPS) is 16.5. The number of halogens is 1. The van der Waals surface area contributed by atoms with E-state index in [2.05, 4.69) is 10.6 Å². The standard InChI is InChI=1S/C17H22FN3O4/c18-12-5-7-13(8-6-12)19-17(25)20-14-9-10-21(11-14)15(22)3-1-2-4-16(23)24/h5-8,14H,1-4,9-11H2,(H,23,24)(H2,19,20,25). The molecule has 1 aromatic carbocycles. The summed E-state index contributed by atoms with van der Waals surface area (Å²) < 4.78 is 12.8. The average molecular weight is 351 g/mol. The predicted molar refractivity (Wildman–Crippen MR) is 89.6 cm³/mol. The topological polar surface area (TPSA) is 98.7 Å². The minimum absolute atomic E-state index is 0.0198. The molecular weight excluding hydrogens is 329 g/mol. The van der Waals surface area contributed by atoms with E-state index in [9.17, 15) is 18.8 Å². The molecule has 0 saturated carbocycles. The summed E-state index contributed by atoms with van der Waals surface area (Å²) in [6, 6.07) is 4.93. The molecule has 7 nitrogen and oxygen atoms in total. The lowest BCUT2D eigenvalue weighted by atomic mass is 10.2. The van der Waals surface area contributed by atoms with Crippen LogP contribution in [0.3, 0.4) is 0 Å². The lowest BCUT2D eigenvalue weighted by molar-refractivity contribution is -0.137. The first kappa shape index (κ1) is 18.7. The van der Waals surface area contributed by atoms with Crippen LogP contribution in [0, 0.1) is 5.82 Å². The van der Waals surface area contributed by atoms with Gasteiger partial charge in [-0.1, -0.05) is 0 Å².